The number of nitrogens with one attached hydrogen (secondary N) is 1. The van der Waals surface area contributed by atoms with Gasteiger partial charge in [-0.05, 0) is 42.5 Å². The van der Waals surface area contributed by atoms with Crippen LogP contribution in [0.2, 0.25) is 0 Å². The SMILES string of the molecule is C[C@](N)(CO)C(=O)N1CCN(C(=O)Nc2ccn(-c3ccc(CN4CC5C(N)C5C4)cc3)c(=O)n2)CC1. The number of amides is 3. The Labute approximate surface area is 214 Å². The van der Waals surface area contributed by atoms with Crippen LogP contribution in [-0.2, 0) is 11.3 Å². The number of piperazine rings is 1. The predicted octanol–water partition coefficient (Wildman–Crippen LogP) is -0.993. The number of carbonyl (C=O) groups excluding carboxylic acids is 2. The molecule has 6 N–H and O–H groups in total. The number of hydrogen-bond acceptors (Lipinski definition) is 8. The first-order chi connectivity index (χ1) is 17.7. The lowest BCUT2D eigenvalue weighted by Gasteiger charge is -2.37. The highest BCUT2D eigenvalue weighted by atomic mass is 16.3. The Balaban J connectivity index is 1.14. The molecule has 198 valence electrons. The fraction of sp³-hybridized carbons (Fsp3) is 0.520. The molecular formula is C25H34N8O4. The van der Waals surface area contributed by atoms with E-state index in [4.69, 9.17) is 11.5 Å². The van der Waals surface area contributed by atoms with E-state index >= 15 is 0 Å². The zero-order valence-corrected chi connectivity index (χ0v) is 20.9. The minimum Gasteiger partial charge on any atom is -0.394 e. The van der Waals surface area contributed by atoms with Crippen molar-refractivity contribution in [2.45, 2.75) is 25.0 Å². The van der Waals surface area contributed by atoms with Crippen LogP contribution in [0, 0.1) is 11.8 Å². The Morgan fingerprint density at radius 3 is 2.30 bits per heavy atom. The third kappa shape index (κ3) is 5.23. The molecule has 3 aliphatic rings. The van der Waals surface area contributed by atoms with Crippen LogP contribution in [0.1, 0.15) is 12.5 Å². The van der Waals surface area contributed by atoms with E-state index in [1.807, 2.05) is 24.3 Å². The van der Waals surface area contributed by atoms with Gasteiger partial charge in [-0.2, -0.15) is 4.98 Å². The van der Waals surface area contributed by atoms with E-state index in [1.165, 1.54) is 22.0 Å². The standard InChI is InChI=1S/C25H34N8O4/c1-25(27,15-34)22(35)31-8-10-32(11-9-31)23(36)28-20-6-7-33(24(37)29-20)17-4-2-16(3-5-17)12-30-13-18-19(14-30)21(18)26/h2-7,18-19,21,34H,8-15,26-27H2,1H3,(H,28,29,36,37)/t18?,19?,21?,25-/m0/s1. The summed E-state index contributed by atoms with van der Waals surface area (Å²) in [6.07, 6.45) is 1.59. The van der Waals surface area contributed by atoms with Crippen LogP contribution >= 0.6 is 0 Å². The number of carbonyl (C=O) groups is 2. The molecule has 1 saturated carbocycles. The molecule has 0 radical (unpaired) electrons. The van der Waals surface area contributed by atoms with Crippen molar-refractivity contribution in [1.29, 1.82) is 0 Å². The van der Waals surface area contributed by atoms with E-state index in [9.17, 15) is 19.5 Å². The highest BCUT2D eigenvalue weighted by Gasteiger charge is 2.53. The van der Waals surface area contributed by atoms with Crippen molar-refractivity contribution >= 4 is 17.8 Å². The van der Waals surface area contributed by atoms with Crippen LogP contribution in [0.4, 0.5) is 10.6 Å². The molecule has 3 amide bonds. The van der Waals surface area contributed by atoms with E-state index in [2.05, 4.69) is 15.2 Å². The van der Waals surface area contributed by atoms with E-state index in [-0.39, 0.29) is 11.7 Å². The van der Waals surface area contributed by atoms with Crippen LogP contribution in [0.15, 0.2) is 41.3 Å². The van der Waals surface area contributed by atoms with Crippen molar-refractivity contribution < 1.29 is 14.7 Å². The lowest BCUT2D eigenvalue weighted by molar-refractivity contribution is -0.139. The molecular weight excluding hydrogens is 476 g/mol. The summed E-state index contributed by atoms with van der Waals surface area (Å²) in [5.74, 6) is 1.10. The molecule has 0 bridgehead atoms. The van der Waals surface area contributed by atoms with Gasteiger partial charge in [0.15, 0.2) is 0 Å². The van der Waals surface area contributed by atoms with Crippen molar-refractivity contribution in [3.63, 3.8) is 0 Å². The minimum atomic E-state index is -1.35. The Kier molecular flexibility index (Phi) is 6.75. The topological polar surface area (TPSA) is 163 Å². The molecule has 3 atom stereocenters. The molecule has 12 nitrogen and oxygen atoms in total. The Bertz CT molecular complexity index is 1210. The Hall–Kier alpha value is -3.32. The van der Waals surface area contributed by atoms with Crippen LogP contribution in [-0.4, -0.2) is 98.8 Å². The molecule has 2 aromatic rings. The summed E-state index contributed by atoms with van der Waals surface area (Å²) in [6.45, 7) is 5.19. The normalized spacial score (nSPS) is 24.9. The van der Waals surface area contributed by atoms with E-state index < -0.39 is 23.9 Å². The summed E-state index contributed by atoms with van der Waals surface area (Å²) in [6, 6.07) is 9.37. The highest BCUT2D eigenvalue weighted by molar-refractivity contribution is 5.89. The summed E-state index contributed by atoms with van der Waals surface area (Å²) in [4.78, 5) is 47.2. The molecule has 37 heavy (non-hydrogen) atoms. The third-order valence-corrected chi connectivity index (χ3v) is 7.67. The maximum Gasteiger partial charge on any atom is 0.354 e. The van der Waals surface area contributed by atoms with Gasteiger partial charge in [0.1, 0.15) is 11.4 Å². The van der Waals surface area contributed by atoms with Crippen LogP contribution in [0.5, 0.6) is 0 Å². The number of nitrogens with two attached hydrogens (primary N) is 2. The molecule has 5 rings (SSSR count). The minimum absolute atomic E-state index is 0.155. The second kappa shape index (κ2) is 9.86. The summed E-state index contributed by atoms with van der Waals surface area (Å²) >= 11 is 0. The zero-order valence-electron chi connectivity index (χ0n) is 20.9. The van der Waals surface area contributed by atoms with Gasteiger partial charge < -0.3 is 26.4 Å². The first-order valence-electron chi connectivity index (χ1n) is 12.6. The Morgan fingerprint density at radius 2 is 1.70 bits per heavy atom. The van der Waals surface area contributed by atoms with Crippen molar-refractivity contribution in [3.8, 4) is 5.69 Å². The molecule has 1 aromatic carbocycles. The summed E-state index contributed by atoms with van der Waals surface area (Å²) in [5, 5.41) is 12.0. The maximum atomic E-state index is 12.7. The number of nitrogens with zero attached hydrogens (tertiary/aromatic N) is 5. The van der Waals surface area contributed by atoms with Gasteiger partial charge in [-0.1, -0.05) is 12.1 Å². The number of rotatable bonds is 6. The van der Waals surface area contributed by atoms with E-state index in [1.54, 1.807) is 17.2 Å². The average Bonchev–Trinajstić information content (AvgIpc) is 3.28. The van der Waals surface area contributed by atoms with Crippen molar-refractivity contribution in [3.05, 3.63) is 52.6 Å². The van der Waals surface area contributed by atoms with E-state index in [0.717, 1.165) is 19.6 Å². The molecule has 0 spiro atoms. The number of aromatic nitrogens is 2. The quantitative estimate of drug-likeness (QED) is 0.385. The molecule has 3 heterocycles. The molecule has 2 unspecified atom stereocenters. The van der Waals surface area contributed by atoms with Gasteiger partial charge in [0, 0.05) is 58.1 Å². The molecule has 3 fully saturated rings. The zero-order chi connectivity index (χ0) is 26.3. The first kappa shape index (κ1) is 25.3. The van der Waals surface area contributed by atoms with Gasteiger partial charge >= 0.3 is 11.7 Å². The van der Waals surface area contributed by atoms with Crippen molar-refractivity contribution in [1.82, 2.24) is 24.3 Å². The van der Waals surface area contributed by atoms with Gasteiger partial charge in [0.2, 0.25) is 5.91 Å². The molecule has 2 aliphatic heterocycles. The summed E-state index contributed by atoms with van der Waals surface area (Å²) in [5.41, 5.74) is 11.9. The second-order valence-corrected chi connectivity index (χ2v) is 10.5. The number of benzene rings is 1. The number of piperidine rings is 1. The maximum absolute atomic E-state index is 12.7. The Morgan fingerprint density at radius 1 is 1.08 bits per heavy atom. The highest BCUT2D eigenvalue weighted by Crippen LogP contribution is 2.44. The molecule has 1 aromatic heterocycles. The van der Waals surface area contributed by atoms with Crippen LogP contribution < -0.4 is 22.5 Å². The van der Waals surface area contributed by atoms with Gasteiger partial charge in [-0.25, -0.2) is 9.59 Å². The monoisotopic (exact) mass is 510 g/mol. The number of aliphatic hydroxyl groups is 1. The number of fused-ring (bicyclic) bond motifs is 1. The van der Waals surface area contributed by atoms with Gasteiger partial charge in [0.05, 0.1) is 12.3 Å². The lowest BCUT2D eigenvalue weighted by Crippen LogP contribution is -2.60. The van der Waals surface area contributed by atoms with Crippen LogP contribution in [0.25, 0.3) is 5.69 Å². The van der Waals surface area contributed by atoms with Crippen LogP contribution in [0.3, 0.4) is 0 Å². The summed E-state index contributed by atoms with van der Waals surface area (Å²) in [7, 11) is 0. The number of anilines is 1. The third-order valence-electron chi connectivity index (χ3n) is 7.67. The number of urea groups is 1. The van der Waals surface area contributed by atoms with Gasteiger partial charge in [-0.3, -0.25) is 19.6 Å². The first-order valence-corrected chi connectivity index (χ1v) is 12.6. The fourth-order valence-electron chi connectivity index (χ4n) is 5.21. The van der Waals surface area contributed by atoms with Crippen molar-refractivity contribution in [2.24, 2.45) is 23.3 Å². The van der Waals surface area contributed by atoms with Gasteiger partial charge in [-0.15, -0.1) is 0 Å². The summed E-state index contributed by atoms with van der Waals surface area (Å²) < 4.78 is 1.43. The average molecular weight is 511 g/mol. The largest absolute Gasteiger partial charge is 0.394 e. The van der Waals surface area contributed by atoms with E-state index in [0.29, 0.717) is 49.7 Å². The molecule has 2 saturated heterocycles. The molecule has 1 aliphatic carbocycles. The molecule has 12 heteroatoms. The van der Waals surface area contributed by atoms with Gasteiger partial charge in [0.25, 0.3) is 0 Å². The number of likely N-dealkylation sites (tertiary alicyclic amines) is 1. The number of aliphatic hydroxyl groups excluding tert-OH is 1. The lowest BCUT2D eigenvalue weighted by atomic mass is 10.0. The fourth-order valence-corrected chi connectivity index (χ4v) is 5.21. The van der Waals surface area contributed by atoms with Crippen molar-refractivity contribution in [2.75, 3.05) is 51.2 Å². The number of hydrogen-bond donors (Lipinski definition) is 4. The smallest absolute Gasteiger partial charge is 0.354 e. The predicted molar refractivity (Wildman–Crippen MR) is 137 cm³/mol. The second-order valence-electron chi connectivity index (χ2n) is 10.5.